The number of hydrogen-bond acceptors (Lipinski definition) is 5. The van der Waals surface area contributed by atoms with E-state index in [4.69, 9.17) is 4.42 Å². The third-order valence-corrected chi connectivity index (χ3v) is 3.11. The van der Waals surface area contributed by atoms with Crippen LogP contribution >= 0.6 is 0 Å². The quantitative estimate of drug-likeness (QED) is 0.631. The van der Waals surface area contributed by atoms with Crippen LogP contribution in [-0.2, 0) is 0 Å². The second-order valence-corrected chi connectivity index (χ2v) is 4.68. The summed E-state index contributed by atoms with van der Waals surface area (Å²) in [5.74, 6) is -0.857. The summed E-state index contributed by atoms with van der Waals surface area (Å²) in [4.78, 5) is 23.3. The van der Waals surface area contributed by atoms with Crippen LogP contribution in [0.1, 0.15) is 30.3 Å². The molecule has 1 aromatic heterocycles. The molecule has 1 saturated heterocycles. The minimum Gasteiger partial charge on any atom is -0.395 e. The minimum absolute atomic E-state index is 0.0387. The molecule has 0 radical (unpaired) electrons. The molecule has 1 N–H and O–H groups in total. The van der Waals surface area contributed by atoms with Crippen LogP contribution in [0.25, 0.3) is 0 Å². The number of hydrogen-bond donors (Lipinski definition) is 1. The van der Waals surface area contributed by atoms with Crippen molar-refractivity contribution >= 4 is 11.8 Å². The zero-order chi connectivity index (χ0) is 13.3. The summed E-state index contributed by atoms with van der Waals surface area (Å²) >= 11 is 0. The van der Waals surface area contributed by atoms with Gasteiger partial charge in [-0.3, -0.25) is 14.9 Å². The van der Waals surface area contributed by atoms with Crippen molar-refractivity contribution < 1.29 is 19.2 Å². The Kier molecular flexibility index (Phi) is 3.08. The van der Waals surface area contributed by atoms with Gasteiger partial charge in [0, 0.05) is 13.1 Å². The van der Waals surface area contributed by atoms with Crippen LogP contribution in [0.2, 0.25) is 0 Å². The summed E-state index contributed by atoms with van der Waals surface area (Å²) < 4.78 is 4.86. The largest absolute Gasteiger partial charge is 0.433 e. The lowest BCUT2D eigenvalue weighted by molar-refractivity contribution is -0.402. The Labute approximate surface area is 103 Å². The van der Waals surface area contributed by atoms with Gasteiger partial charge in [-0.05, 0) is 25.8 Å². The smallest absolute Gasteiger partial charge is 0.395 e. The summed E-state index contributed by atoms with van der Waals surface area (Å²) in [6.07, 6.45) is 0.975. The lowest BCUT2D eigenvalue weighted by atomic mass is 9.94. The van der Waals surface area contributed by atoms with E-state index in [1.807, 2.05) is 0 Å². The van der Waals surface area contributed by atoms with Crippen molar-refractivity contribution in [3.05, 3.63) is 28.0 Å². The van der Waals surface area contributed by atoms with Crippen LogP contribution in [0.3, 0.4) is 0 Å². The van der Waals surface area contributed by atoms with Crippen molar-refractivity contribution in [3.63, 3.8) is 0 Å². The van der Waals surface area contributed by atoms with Crippen molar-refractivity contribution in [1.82, 2.24) is 4.90 Å². The maximum absolute atomic E-state index is 12.0. The normalized spacial score (nSPS) is 18.7. The fraction of sp³-hybridized carbons (Fsp3) is 0.545. The predicted molar refractivity (Wildman–Crippen MR) is 61.1 cm³/mol. The Bertz CT molecular complexity index is 470. The van der Waals surface area contributed by atoms with Gasteiger partial charge in [-0.15, -0.1) is 0 Å². The molecule has 7 heteroatoms. The first-order valence-corrected chi connectivity index (χ1v) is 5.65. The van der Waals surface area contributed by atoms with Gasteiger partial charge in [-0.2, -0.15) is 0 Å². The highest BCUT2D eigenvalue weighted by atomic mass is 16.6. The monoisotopic (exact) mass is 254 g/mol. The van der Waals surface area contributed by atoms with Gasteiger partial charge in [-0.25, -0.2) is 0 Å². The average molecular weight is 254 g/mol. The van der Waals surface area contributed by atoms with Gasteiger partial charge in [0.25, 0.3) is 5.91 Å². The predicted octanol–water partition coefficient (Wildman–Crippen LogP) is 1.17. The molecule has 1 fully saturated rings. The Balaban J connectivity index is 2.05. The Morgan fingerprint density at radius 3 is 2.61 bits per heavy atom. The Morgan fingerprint density at radius 2 is 2.11 bits per heavy atom. The molecule has 18 heavy (non-hydrogen) atoms. The summed E-state index contributed by atoms with van der Waals surface area (Å²) in [6, 6.07) is 2.46. The van der Waals surface area contributed by atoms with E-state index >= 15 is 0 Å². The molecule has 2 rings (SSSR count). The standard InChI is InChI=1S/C11H14N2O5/c1-11(15)4-6-12(7-5-11)10(14)8-2-3-9(18-8)13(16)17/h2-3,15H,4-7H2,1H3. The van der Waals surface area contributed by atoms with E-state index in [-0.39, 0.29) is 11.7 Å². The maximum atomic E-state index is 12.0. The van der Waals surface area contributed by atoms with Gasteiger partial charge in [-0.1, -0.05) is 0 Å². The average Bonchev–Trinajstić information content (AvgIpc) is 2.77. The maximum Gasteiger partial charge on any atom is 0.433 e. The Hall–Kier alpha value is -1.89. The van der Waals surface area contributed by atoms with Gasteiger partial charge in [0.1, 0.15) is 4.92 Å². The highest BCUT2D eigenvalue weighted by Gasteiger charge is 2.31. The molecular formula is C11H14N2O5. The highest BCUT2D eigenvalue weighted by Crippen LogP contribution is 2.24. The number of likely N-dealkylation sites (tertiary alicyclic amines) is 1. The first kappa shape index (κ1) is 12.6. The van der Waals surface area contributed by atoms with Crippen molar-refractivity contribution in [2.75, 3.05) is 13.1 Å². The minimum atomic E-state index is -0.744. The van der Waals surface area contributed by atoms with Gasteiger partial charge in [0.15, 0.2) is 5.76 Å². The van der Waals surface area contributed by atoms with Crippen molar-refractivity contribution in [2.24, 2.45) is 0 Å². The zero-order valence-electron chi connectivity index (χ0n) is 9.96. The molecule has 98 valence electrons. The van der Waals surface area contributed by atoms with Gasteiger partial charge >= 0.3 is 5.88 Å². The molecule has 0 spiro atoms. The lowest BCUT2D eigenvalue weighted by Crippen LogP contribution is -2.45. The number of rotatable bonds is 2. The van der Waals surface area contributed by atoms with E-state index in [2.05, 4.69) is 0 Å². The topological polar surface area (TPSA) is 96.8 Å². The van der Waals surface area contributed by atoms with Crippen LogP contribution in [0, 0.1) is 10.1 Å². The van der Waals surface area contributed by atoms with Gasteiger partial charge in [0.05, 0.1) is 11.7 Å². The SMILES string of the molecule is CC1(O)CCN(C(=O)c2ccc([N+](=O)[O-])o2)CC1. The van der Waals surface area contributed by atoms with Crippen LogP contribution in [-0.4, -0.2) is 39.5 Å². The molecule has 1 aliphatic heterocycles. The summed E-state index contributed by atoms with van der Waals surface area (Å²) in [7, 11) is 0. The summed E-state index contributed by atoms with van der Waals surface area (Å²) in [6.45, 7) is 2.56. The molecule has 0 unspecified atom stereocenters. The summed E-state index contributed by atoms with van der Waals surface area (Å²) in [5.41, 5.74) is -0.744. The lowest BCUT2D eigenvalue weighted by Gasteiger charge is -2.35. The number of nitrogens with zero attached hydrogens (tertiary/aromatic N) is 2. The van der Waals surface area contributed by atoms with E-state index < -0.39 is 16.4 Å². The fourth-order valence-electron chi connectivity index (χ4n) is 1.89. The highest BCUT2D eigenvalue weighted by molar-refractivity contribution is 5.91. The second-order valence-electron chi connectivity index (χ2n) is 4.68. The number of aliphatic hydroxyl groups is 1. The van der Waals surface area contributed by atoms with E-state index in [1.165, 1.54) is 11.0 Å². The van der Waals surface area contributed by atoms with Crippen molar-refractivity contribution in [2.45, 2.75) is 25.4 Å². The molecule has 0 aliphatic carbocycles. The van der Waals surface area contributed by atoms with Gasteiger partial charge < -0.3 is 14.4 Å². The molecule has 0 atom stereocenters. The third kappa shape index (κ3) is 2.51. The number of furan rings is 1. The van der Waals surface area contributed by atoms with Gasteiger partial charge in [0.2, 0.25) is 0 Å². The second kappa shape index (κ2) is 4.41. The molecule has 2 heterocycles. The first-order chi connectivity index (χ1) is 8.39. The van der Waals surface area contributed by atoms with Crippen LogP contribution in [0.4, 0.5) is 5.88 Å². The molecule has 1 aliphatic rings. The van der Waals surface area contributed by atoms with E-state index in [0.717, 1.165) is 6.07 Å². The molecule has 0 saturated carbocycles. The molecule has 1 aromatic rings. The molecule has 1 amide bonds. The molecule has 0 aromatic carbocycles. The number of carbonyl (C=O) groups is 1. The molecular weight excluding hydrogens is 240 g/mol. The number of piperidine rings is 1. The van der Waals surface area contributed by atoms with E-state index in [0.29, 0.717) is 25.9 Å². The molecule has 7 nitrogen and oxygen atoms in total. The van der Waals surface area contributed by atoms with E-state index in [9.17, 15) is 20.0 Å². The van der Waals surface area contributed by atoms with Crippen LogP contribution < -0.4 is 0 Å². The zero-order valence-corrected chi connectivity index (χ0v) is 9.96. The number of nitro groups is 1. The van der Waals surface area contributed by atoms with E-state index in [1.54, 1.807) is 6.92 Å². The van der Waals surface area contributed by atoms with Crippen LogP contribution in [0.15, 0.2) is 16.5 Å². The van der Waals surface area contributed by atoms with Crippen molar-refractivity contribution in [1.29, 1.82) is 0 Å². The number of amides is 1. The first-order valence-electron chi connectivity index (χ1n) is 5.65. The fourth-order valence-corrected chi connectivity index (χ4v) is 1.89. The number of carbonyl (C=O) groups excluding carboxylic acids is 1. The summed E-state index contributed by atoms with van der Waals surface area (Å²) in [5, 5.41) is 20.2. The Morgan fingerprint density at radius 1 is 1.50 bits per heavy atom. The third-order valence-electron chi connectivity index (χ3n) is 3.11. The van der Waals surface area contributed by atoms with Crippen LogP contribution in [0.5, 0.6) is 0 Å². The molecule has 0 bridgehead atoms. The van der Waals surface area contributed by atoms with Crippen molar-refractivity contribution in [3.8, 4) is 0 Å².